The minimum atomic E-state index is -0.222. The fraction of sp³-hybridized carbons (Fsp3) is 0.867. The Balaban J connectivity index is 1.66. The van der Waals surface area contributed by atoms with E-state index in [0.717, 1.165) is 18.8 Å². The third-order valence-corrected chi connectivity index (χ3v) is 4.55. The van der Waals surface area contributed by atoms with Crippen LogP contribution in [0.25, 0.3) is 0 Å². The van der Waals surface area contributed by atoms with E-state index in [4.69, 9.17) is 0 Å². The van der Waals surface area contributed by atoms with Crippen LogP contribution in [0.2, 0.25) is 0 Å². The first-order valence-electron chi connectivity index (χ1n) is 7.81. The standard InChI is InChI=1S/C15H26N2O3/c1-20-14(18)7-4-10-16-15(19)13-9-8-11-5-2-3-6-12(11)17-13/h11-13,17H,2-10H2,1H3,(H,16,19). The summed E-state index contributed by atoms with van der Waals surface area (Å²) < 4.78 is 4.57. The molecule has 1 aliphatic heterocycles. The van der Waals surface area contributed by atoms with Crippen molar-refractivity contribution >= 4 is 11.9 Å². The molecule has 2 rings (SSSR count). The zero-order valence-electron chi connectivity index (χ0n) is 12.3. The molecule has 0 radical (unpaired) electrons. The van der Waals surface area contributed by atoms with Crippen LogP contribution in [0, 0.1) is 5.92 Å². The van der Waals surface area contributed by atoms with Crippen LogP contribution in [0.5, 0.6) is 0 Å². The molecule has 1 saturated heterocycles. The van der Waals surface area contributed by atoms with Crippen LogP contribution in [0.15, 0.2) is 0 Å². The molecule has 5 nitrogen and oxygen atoms in total. The maximum absolute atomic E-state index is 12.1. The first-order valence-corrected chi connectivity index (χ1v) is 7.81. The monoisotopic (exact) mass is 282 g/mol. The number of carbonyl (C=O) groups is 2. The number of methoxy groups -OCH3 is 1. The lowest BCUT2D eigenvalue weighted by Crippen LogP contribution is -2.55. The van der Waals surface area contributed by atoms with Gasteiger partial charge >= 0.3 is 5.97 Å². The lowest BCUT2D eigenvalue weighted by Gasteiger charge is -2.39. The minimum Gasteiger partial charge on any atom is -0.469 e. The number of piperidine rings is 1. The Morgan fingerprint density at radius 2 is 2.00 bits per heavy atom. The second kappa shape index (κ2) is 7.62. The topological polar surface area (TPSA) is 67.4 Å². The normalized spacial score (nSPS) is 29.4. The Morgan fingerprint density at radius 1 is 1.20 bits per heavy atom. The van der Waals surface area contributed by atoms with Gasteiger partial charge in [0.05, 0.1) is 13.2 Å². The van der Waals surface area contributed by atoms with Gasteiger partial charge < -0.3 is 15.4 Å². The van der Waals surface area contributed by atoms with E-state index in [1.165, 1.54) is 32.8 Å². The van der Waals surface area contributed by atoms with Crippen molar-refractivity contribution in [1.82, 2.24) is 10.6 Å². The molecule has 0 aromatic heterocycles. The number of carbonyl (C=O) groups excluding carboxylic acids is 2. The van der Waals surface area contributed by atoms with E-state index in [2.05, 4.69) is 15.4 Å². The van der Waals surface area contributed by atoms with Crippen molar-refractivity contribution in [3.63, 3.8) is 0 Å². The van der Waals surface area contributed by atoms with Crippen LogP contribution in [-0.4, -0.2) is 37.6 Å². The molecule has 1 heterocycles. The van der Waals surface area contributed by atoms with Crippen molar-refractivity contribution in [3.8, 4) is 0 Å². The number of hydrogen-bond acceptors (Lipinski definition) is 4. The summed E-state index contributed by atoms with van der Waals surface area (Å²) in [7, 11) is 1.38. The van der Waals surface area contributed by atoms with Gasteiger partial charge in [-0.1, -0.05) is 12.8 Å². The molecule has 2 N–H and O–H groups in total. The third kappa shape index (κ3) is 4.20. The van der Waals surface area contributed by atoms with Crippen molar-refractivity contribution < 1.29 is 14.3 Å². The summed E-state index contributed by atoms with van der Waals surface area (Å²) in [6, 6.07) is 0.482. The zero-order valence-corrected chi connectivity index (χ0v) is 12.3. The Bertz CT molecular complexity index is 346. The predicted octanol–water partition coefficient (Wildman–Crippen LogP) is 1.37. The maximum atomic E-state index is 12.1. The highest BCUT2D eigenvalue weighted by Gasteiger charge is 2.34. The van der Waals surface area contributed by atoms with Crippen LogP contribution in [0.1, 0.15) is 51.4 Å². The number of fused-ring (bicyclic) bond motifs is 1. The highest BCUT2D eigenvalue weighted by Crippen LogP contribution is 2.32. The van der Waals surface area contributed by atoms with Crippen molar-refractivity contribution in [1.29, 1.82) is 0 Å². The molecule has 0 aromatic carbocycles. The van der Waals surface area contributed by atoms with Gasteiger partial charge in [0.25, 0.3) is 0 Å². The minimum absolute atomic E-state index is 0.0486. The number of rotatable bonds is 5. The van der Waals surface area contributed by atoms with Gasteiger partial charge in [0.1, 0.15) is 0 Å². The smallest absolute Gasteiger partial charge is 0.305 e. The van der Waals surface area contributed by atoms with E-state index in [-0.39, 0.29) is 17.9 Å². The second-order valence-corrected chi connectivity index (χ2v) is 5.92. The molecular weight excluding hydrogens is 256 g/mol. The first-order chi connectivity index (χ1) is 9.70. The van der Waals surface area contributed by atoms with E-state index in [1.807, 2.05) is 0 Å². The average Bonchev–Trinajstić information content (AvgIpc) is 2.50. The fourth-order valence-corrected chi connectivity index (χ4v) is 3.37. The second-order valence-electron chi connectivity index (χ2n) is 5.92. The van der Waals surface area contributed by atoms with Gasteiger partial charge in [0.15, 0.2) is 0 Å². The number of hydrogen-bond donors (Lipinski definition) is 2. The Hall–Kier alpha value is -1.10. The summed E-state index contributed by atoms with van der Waals surface area (Å²) in [6.07, 6.45) is 8.23. The van der Waals surface area contributed by atoms with Crippen LogP contribution >= 0.6 is 0 Å². The van der Waals surface area contributed by atoms with Gasteiger partial charge in [-0.25, -0.2) is 0 Å². The van der Waals surface area contributed by atoms with Crippen LogP contribution in [0.4, 0.5) is 0 Å². The lowest BCUT2D eigenvalue weighted by atomic mass is 9.77. The van der Waals surface area contributed by atoms with E-state index in [1.54, 1.807) is 0 Å². The molecule has 20 heavy (non-hydrogen) atoms. The Kier molecular flexibility index (Phi) is 5.83. The van der Waals surface area contributed by atoms with Crippen molar-refractivity contribution in [3.05, 3.63) is 0 Å². The molecule has 1 saturated carbocycles. The van der Waals surface area contributed by atoms with Crippen LogP contribution in [-0.2, 0) is 14.3 Å². The van der Waals surface area contributed by atoms with E-state index >= 15 is 0 Å². The molecule has 0 bridgehead atoms. The molecule has 5 heteroatoms. The highest BCUT2D eigenvalue weighted by molar-refractivity contribution is 5.81. The molecule has 3 atom stereocenters. The molecule has 2 aliphatic rings. The summed E-state index contributed by atoms with van der Waals surface area (Å²) in [6.45, 7) is 0.542. The van der Waals surface area contributed by atoms with Gasteiger partial charge in [-0.2, -0.15) is 0 Å². The number of amides is 1. The maximum Gasteiger partial charge on any atom is 0.305 e. The summed E-state index contributed by atoms with van der Waals surface area (Å²) in [4.78, 5) is 23.1. The van der Waals surface area contributed by atoms with Gasteiger partial charge in [0.2, 0.25) is 5.91 Å². The number of nitrogens with one attached hydrogen (secondary N) is 2. The summed E-state index contributed by atoms with van der Waals surface area (Å²) in [5.41, 5.74) is 0. The van der Waals surface area contributed by atoms with Crippen molar-refractivity contribution in [2.75, 3.05) is 13.7 Å². The zero-order chi connectivity index (χ0) is 14.4. The summed E-state index contributed by atoms with van der Waals surface area (Å²) in [5, 5.41) is 6.43. The van der Waals surface area contributed by atoms with Crippen molar-refractivity contribution in [2.24, 2.45) is 5.92 Å². The molecule has 0 aromatic rings. The van der Waals surface area contributed by atoms with E-state index in [9.17, 15) is 9.59 Å². The SMILES string of the molecule is COC(=O)CCCNC(=O)C1CCC2CCCCC2N1. The van der Waals surface area contributed by atoms with Crippen LogP contribution in [0.3, 0.4) is 0 Å². The lowest BCUT2D eigenvalue weighted by molar-refractivity contribution is -0.140. The Morgan fingerprint density at radius 3 is 2.80 bits per heavy atom. The first kappa shape index (κ1) is 15.3. The van der Waals surface area contributed by atoms with Gasteiger partial charge in [-0.3, -0.25) is 9.59 Å². The highest BCUT2D eigenvalue weighted by atomic mass is 16.5. The third-order valence-electron chi connectivity index (χ3n) is 4.55. The number of ether oxygens (including phenoxy) is 1. The molecule has 114 valence electrons. The quantitative estimate of drug-likeness (QED) is 0.590. The molecule has 2 fully saturated rings. The predicted molar refractivity (Wildman–Crippen MR) is 76.2 cm³/mol. The largest absolute Gasteiger partial charge is 0.469 e. The van der Waals surface area contributed by atoms with Crippen LogP contribution < -0.4 is 10.6 Å². The molecule has 3 unspecified atom stereocenters. The summed E-state index contributed by atoms with van der Waals surface area (Å²) in [5.74, 6) is 0.631. The molecule has 1 aliphatic carbocycles. The van der Waals surface area contributed by atoms with Gasteiger partial charge in [-0.15, -0.1) is 0 Å². The number of esters is 1. The van der Waals surface area contributed by atoms with Gasteiger partial charge in [0, 0.05) is 19.0 Å². The summed E-state index contributed by atoms with van der Waals surface area (Å²) >= 11 is 0. The fourth-order valence-electron chi connectivity index (χ4n) is 3.37. The van der Waals surface area contributed by atoms with Gasteiger partial charge in [-0.05, 0) is 38.0 Å². The average molecular weight is 282 g/mol. The van der Waals surface area contributed by atoms with E-state index < -0.39 is 0 Å². The Labute approximate surface area is 120 Å². The van der Waals surface area contributed by atoms with E-state index in [0.29, 0.717) is 25.4 Å². The van der Waals surface area contributed by atoms with Crippen molar-refractivity contribution in [2.45, 2.75) is 63.5 Å². The molecule has 1 amide bonds. The molecule has 0 spiro atoms. The molecular formula is C15H26N2O3.